The summed E-state index contributed by atoms with van der Waals surface area (Å²) in [6.07, 6.45) is 6.37. The number of hydrogen-bond acceptors (Lipinski definition) is 4. The number of amides is 3. The molecule has 0 spiro atoms. The van der Waals surface area contributed by atoms with E-state index in [2.05, 4.69) is 30.1 Å². The quantitative estimate of drug-likeness (QED) is 0.564. The van der Waals surface area contributed by atoms with Crippen molar-refractivity contribution in [3.05, 3.63) is 47.5 Å². The van der Waals surface area contributed by atoms with Crippen LogP contribution < -0.4 is 5.32 Å². The van der Waals surface area contributed by atoms with Crippen LogP contribution in [-0.2, 0) is 27.5 Å². The number of likely N-dealkylation sites (tertiary alicyclic amines) is 2. The topological polar surface area (TPSA) is 69.7 Å². The number of nitrogens with one attached hydrogen (secondary N) is 1. The molecule has 1 aliphatic carbocycles. The van der Waals surface area contributed by atoms with E-state index >= 15 is 0 Å². The van der Waals surface area contributed by atoms with Gasteiger partial charge in [-0.15, -0.1) is 0 Å². The summed E-state index contributed by atoms with van der Waals surface area (Å²) in [5, 5.41) is 2.92. The maximum absolute atomic E-state index is 12.6. The fraction of sp³-hybridized carbons (Fsp3) is 0.560. The number of fused-ring (bicyclic) bond motifs is 1. The summed E-state index contributed by atoms with van der Waals surface area (Å²) >= 11 is 0. The number of carbonyl (C=O) groups is 3. The lowest BCUT2D eigenvalue weighted by atomic mass is 9.85. The minimum atomic E-state index is -0.291. The first-order chi connectivity index (χ1) is 14.9. The first-order valence-electron chi connectivity index (χ1n) is 11.5. The Morgan fingerprint density at radius 1 is 0.968 bits per heavy atom. The Hall–Kier alpha value is -2.47. The largest absolute Gasteiger partial charge is 0.350 e. The third kappa shape index (κ3) is 4.90. The Balaban J connectivity index is 1.34. The summed E-state index contributed by atoms with van der Waals surface area (Å²) in [5.74, 6) is 0.116. The van der Waals surface area contributed by atoms with E-state index in [0.717, 1.165) is 30.1 Å². The molecule has 3 amide bonds. The van der Waals surface area contributed by atoms with E-state index in [9.17, 15) is 14.4 Å². The zero-order valence-corrected chi connectivity index (χ0v) is 18.5. The molecule has 0 radical (unpaired) electrons. The molecule has 4 rings (SSSR count). The second-order valence-electron chi connectivity index (χ2n) is 9.60. The highest BCUT2D eigenvalue weighted by molar-refractivity contribution is 6.07. The minimum absolute atomic E-state index is 0.187. The molecule has 2 heterocycles. The van der Waals surface area contributed by atoms with Gasteiger partial charge in [0.2, 0.25) is 17.7 Å². The van der Waals surface area contributed by atoms with Crippen LogP contribution in [0.25, 0.3) is 0 Å². The van der Waals surface area contributed by atoms with Crippen molar-refractivity contribution < 1.29 is 14.4 Å². The van der Waals surface area contributed by atoms with Gasteiger partial charge in [-0.05, 0) is 42.2 Å². The summed E-state index contributed by atoms with van der Waals surface area (Å²) in [4.78, 5) is 41.4. The van der Waals surface area contributed by atoms with Gasteiger partial charge in [0.1, 0.15) is 6.54 Å². The predicted molar refractivity (Wildman–Crippen MR) is 119 cm³/mol. The maximum atomic E-state index is 12.6. The van der Waals surface area contributed by atoms with Crippen LogP contribution in [0.3, 0.4) is 0 Å². The van der Waals surface area contributed by atoms with Crippen LogP contribution in [0.15, 0.2) is 36.4 Å². The summed E-state index contributed by atoms with van der Waals surface area (Å²) < 4.78 is 0. The van der Waals surface area contributed by atoms with Crippen molar-refractivity contribution in [3.63, 3.8) is 0 Å². The lowest BCUT2D eigenvalue weighted by molar-refractivity contribution is -0.143. The highest BCUT2D eigenvalue weighted by atomic mass is 16.2. The van der Waals surface area contributed by atoms with Crippen molar-refractivity contribution in [1.82, 2.24) is 15.1 Å². The molecule has 31 heavy (non-hydrogen) atoms. The van der Waals surface area contributed by atoms with Gasteiger partial charge in [0.15, 0.2) is 0 Å². The van der Waals surface area contributed by atoms with Gasteiger partial charge in [0, 0.05) is 26.2 Å². The molecular formula is C25H33N3O3. The van der Waals surface area contributed by atoms with E-state index in [1.54, 1.807) is 0 Å². The molecule has 166 valence electrons. The van der Waals surface area contributed by atoms with E-state index < -0.39 is 0 Å². The van der Waals surface area contributed by atoms with Crippen molar-refractivity contribution in [2.75, 3.05) is 19.6 Å². The van der Waals surface area contributed by atoms with Crippen molar-refractivity contribution in [3.8, 4) is 0 Å². The number of benzene rings is 1. The predicted octanol–water partition coefficient (Wildman–Crippen LogP) is 2.73. The molecule has 4 atom stereocenters. The summed E-state index contributed by atoms with van der Waals surface area (Å²) in [5.41, 5.74) is 2.30. The number of hydrogen-bond donors (Lipinski definition) is 1. The highest BCUT2D eigenvalue weighted by Gasteiger charge is 2.47. The monoisotopic (exact) mass is 423 g/mol. The zero-order valence-electron chi connectivity index (χ0n) is 18.5. The second kappa shape index (κ2) is 9.35. The van der Waals surface area contributed by atoms with E-state index in [0.29, 0.717) is 31.2 Å². The molecular weight excluding hydrogens is 390 g/mol. The van der Waals surface area contributed by atoms with Crippen LogP contribution in [0, 0.1) is 23.7 Å². The Bertz CT molecular complexity index is 845. The Kier molecular flexibility index (Phi) is 6.56. The molecule has 0 aromatic heterocycles. The second-order valence-corrected chi connectivity index (χ2v) is 9.60. The van der Waals surface area contributed by atoms with Gasteiger partial charge in [0.05, 0.1) is 11.8 Å². The van der Waals surface area contributed by atoms with Gasteiger partial charge in [-0.3, -0.25) is 24.2 Å². The molecule has 6 nitrogen and oxygen atoms in total. The summed E-state index contributed by atoms with van der Waals surface area (Å²) in [7, 11) is 0. The van der Waals surface area contributed by atoms with Gasteiger partial charge >= 0.3 is 0 Å². The fourth-order valence-corrected chi connectivity index (χ4v) is 5.46. The number of rotatable bonds is 6. The fourth-order valence-electron chi connectivity index (χ4n) is 5.46. The lowest BCUT2D eigenvalue weighted by Gasteiger charge is -2.35. The van der Waals surface area contributed by atoms with Gasteiger partial charge in [-0.25, -0.2) is 0 Å². The third-order valence-electron chi connectivity index (χ3n) is 6.83. The van der Waals surface area contributed by atoms with E-state index in [1.165, 1.54) is 12.0 Å². The zero-order chi connectivity index (χ0) is 22.0. The van der Waals surface area contributed by atoms with Crippen LogP contribution in [-0.4, -0.2) is 47.2 Å². The Morgan fingerprint density at radius 2 is 1.55 bits per heavy atom. The standard InChI is InChI=1S/C25H33N3O3/c1-17-11-18(2)14-27(13-17)15-20-8-4-3-7-19(20)12-26-23(29)16-28-24(30)21-9-5-6-10-22(21)25(28)31/h3-8,17-18,21-22H,9-16H2,1-2H3,(H,26,29). The SMILES string of the molecule is CC1CC(C)CN(Cc2ccccc2CNC(=O)CN2C(=O)C3CC=CCC3C2=O)C1. The normalized spacial score (nSPS) is 28.6. The molecule has 0 bridgehead atoms. The van der Waals surface area contributed by atoms with Crippen molar-refractivity contribution in [2.45, 2.75) is 46.2 Å². The van der Waals surface area contributed by atoms with E-state index in [1.807, 2.05) is 30.4 Å². The average Bonchev–Trinajstić information content (AvgIpc) is 2.97. The number of piperidine rings is 1. The number of carbonyl (C=O) groups excluding carboxylic acids is 3. The molecule has 2 aliphatic heterocycles. The molecule has 2 saturated heterocycles. The lowest BCUT2D eigenvalue weighted by Crippen LogP contribution is -2.41. The highest BCUT2D eigenvalue weighted by Crippen LogP contribution is 2.34. The van der Waals surface area contributed by atoms with Gasteiger partial charge in [0.25, 0.3) is 0 Å². The van der Waals surface area contributed by atoms with Gasteiger partial charge in [-0.2, -0.15) is 0 Å². The van der Waals surface area contributed by atoms with E-state index in [-0.39, 0.29) is 36.1 Å². The third-order valence-corrected chi connectivity index (χ3v) is 6.83. The summed E-state index contributed by atoms with van der Waals surface area (Å²) in [6.45, 7) is 7.90. The first-order valence-corrected chi connectivity index (χ1v) is 11.5. The molecule has 1 aromatic rings. The van der Waals surface area contributed by atoms with Gasteiger partial charge < -0.3 is 5.32 Å². The summed E-state index contributed by atoms with van der Waals surface area (Å²) in [6, 6.07) is 8.18. The molecule has 1 aromatic carbocycles. The van der Waals surface area contributed by atoms with Crippen LogP contribution >= 0.6 is 0 Å². The molecule has 1 N–H and O–H groups in total. The van der Waals surface area contributed by atoms with Crippen LogP contribution in [0.4, 0.5) is 0 Å². The number of imide groups is 1. The van der Waals surface area contributed by atoms with Crippen LogP contribution in [0.2, 0.25) is 0 Å². The molecule has 2 fully saturated rings. The molecule has 6 heteroatoms. The van der Waals surface area contributed by atoms with E-state index in [4.69, 9.17) is 0 Å². The first kappa shape index (κ1) is 21.8. The maximum Gasteiger partial charge on any atom is 0.240 e. The molecule has 4 unspecified atom stereocenters. The van der Waals surface area contributed by atoms with Crippen LogP contribution in [0.5, 0.6) is 0 Å². The number of allylic oxidation sites excluding steroid dienone is 2. The van der Waals surface area contributed by atoms with Crippen LogP contribution in [0.1, 0.15) is 44.2 Å². The van der Waals surface area contributed by atoms with Crippen molar-refractivity contribution in [2.24, 2.45) is 23.7 Å². The Morgan fingerprint density at radius 3 is 2.16 bits per heavy atom. The minimum Gasteiger partial charge on any atom is -0.350 e. The number of nitrogens with zero attached hydrogens (tertiary/aromatic N) is 2. The molecule has 3 aliphatic rings. The molecule has 0 saturated carbocycles. The van der Waals surface area contributed by atoms with Gasteiger partial charge in [-0.1, -0.05) is 50.3 Å². The average molecular weight is 424 g/mol. The van der Waals surface area contributed by atoms with Crippen molar-refractivity contribution >= 4 is 17.7 Å². The Labute approximate surface area is 184 Å². The smallest absolute Gasteiger partial charge is 0.240 e. The van der Waals surface area contributed by atoms with Crippen molar-refractivity contribution in [1.29, 1.82) is 0 Å².